The Kier molecular flexibility index (Phi) is 3.54. The molecule has 0 N–H and O–H groups in total. The number of aryl methyl sites for hydroxylation is 1. The topological polar surface area (TPSA) is 25.8 Å². The first kappa shape index (κ1) is 15.2. The van der Waals surface area contributed by atoms with Crippen molar-refractivity contribution in [2.75, 3.05) is 0 Å². The fraction of sp³-hybridized carbons (Fsp3) is 0.0435. The van der Waals surface area contributed by atoms with Crippen LogP contribution in [0.4, 0.5) is 0 Å². The first-order valence-corrected chi connectivity index (χ1v) is 9.41. The van der Waals surface area contributed by atoms with Crippen molar-refractivity contribution in [2.45, 2.75) is 6.92 Å². The van der Waals surface area contributed by atoms with E-state index >= 15 is 0 Å². The molecule has 5 rings (SSSR count). The van der Waals surface area contributed by atoms with Gasteiger partial charge in [0.15, 0.2) is 0 Å². The van der Waals surface area contributed by atoms with Gasteiger partial charge in [0, 0.05) is 32.9 Å². The molecule has 124 valence electrons. The fourth-order valence-corrected chi connectivity index (χ4v) is 4.47. The molecule has 0 saturated carbocycles. The largest absolute Gasteiger partial charge is 0.256 e. The Hall–Kier alpha value is -3.04. The molecule has 0 aliphatic heterocycles. The van der Waals surface area contributed by atoms with Gasteiger partial charge in [0.2, 0.25) is 0 Å². The summed E-state index contributed by atoms with van der Waals surface area (Å²) in [5, 5.41) is 2.51. The van der Waals surface area contributed by atoms with Crippen LogP contribution in [0, 0.1) is 6.92 Å². The monoisotopic (exact) mass is 352 g/mol. The summed E-state index contributed by atoms with van der Waals surface area (Å²) < 4.78 is 1.27. The third kappa shape index (κ3) is 2.57. The fourth-order valence-electron chi connectivity index (χ4n) is 3.31. The van der Waals surface area contributed by atoms with E-state index in [9.17, 15) is 0 Å². The van der Waals surface area contributed by atoms with Crippen LogP contribution in [-0.2, 0) is 0 Å². The zero-order valence-electron chi connectivity index (χ0n) is 14.3. The number of aromatic nitrogens is 2. The van der Waals surface area contributed by atoms with Crippen LogP contribution >= 0.6 is 11.3 Å². The molecule has 0 atom stereocenters. The summed E-state index contributed by atoms with van der Waals surface area (Å²) in [7, 11) is 0. The highest BCUT2D eigenvalue weighted by molar-refractivity contribution is 7.25. The molecule has 0 fully saturated rings. The molecule has 0 bridgehead atoms. The second-order valence-corrected chi connectivity index (χ2v) is 7.44. The lowest BCUT2D eigenvalue weighted by Gasteiger charge is -2.05. The van der Waals surface area contributed by atoms with Gasteiger partial charge in [0.1, 0.15) is 4.83 Å². The van der Waals surface area contributed by atoms with E-state index < -0.39 is 0 Å². The van der Waals surface area contributed by atoms with Crippen molar-refractivity contribution < 1.29 is 0 Å². The first-order chi connectivity index (χ1) is 12.8. The minimum absolute atomic E-state index is 0.997. The van der Waals surface area contributed by atoms with Gasteiger partial charge in [-0.3, -0.25) is 4.98 Å². The standard InChI is InChI=1S/C23H16N2S/c1-15-7-9-20-19-10-8-17(14-22(19)26-23(20)25-15)18-11-12-24-21(13-18)16-5-3-2-4-6-16/h2-14H,1H3. The summed E-state index contributed by atoms with van der Waals surface area (Å²) in [4.78, 5) is 10.3. The molecule has 3 heterocycles. The Labute approximate surface area is 155 Å². The van der Waals surface area contributed by atoms with Crippen LogP contribution in [0.1, 0.15) is 5.69 Å². The maximum Gasteiger partial charge on any atom is 0.124 e. The van der Waals surface area contributed by atoms with E-state index in [0.29, 0.717) is 0 Å². The van der Waals surface area contributed by atoms with Gasteiger partial charge < -0.3 is 0 Å². The minimum Gasteiger partial charge on any atom is -0.256 e. The molecule has 3 aromatic heterocycles. The third-order valence-electron chi connectivity index (χ3n) is 4.64. The van der Waals surface area contributed by atoms with Gasteiger partial charge in [0.05, 0.1) is 5.69 Å². The van der Waals surface area contributed by atoms with Crippen molar-refractivity contribution in [2.24, 2.45) is 0 Å². The number of rotatable bonds is 2. The second-order valence-electron chi connectivity index (χ2n) is 6.41. The third-order valence-corrected chi connectivity index (χ3v) is 5.70. The number of hydrogen-bond acceptors (Lipinski definition) is 3. The lowest BCUT2D eigenvalue weighted by molar-refractivity contribution is 1.27. The molecule has 5 aromatic rings. The predicted molar refractivity (Wildman–Crippen MR) is 111 cm³/mol. The van der Waals surface area contributed by atoms with Crippen molar-refractivity contribution in [3.63, 3.8) is 0 Å². The van der Waals surface area contributed by atoms with Crippen molar-refractivity contribution in [3.05, 3.63) is 84.7 Å². The zero-order valence-corrected chi connectivity index (χ0v) is 15.1. The van der Waals surface area contributed by atoms with Gasteiger partial charge in [-0.15, -0.1) is 11.3 Å². The molecular weight excluding hydrogens is 336 g/mol. The molecule has 0 unspecified atom stereocenters. The molecular formula is C23H16N2S. The van der Waals surface area contributed by atoms with Gasteiger partial charge in [-0.25, -0.2) is 4.98 Å². The van der Waals surface area contributed by atoms with E-state index in [1.54, 1.807) is 11.3 Å². The smallest absolute Gasteiger partial charge is 0.124 e. The Morgan fingerprint density at radius 2 is 1.54 bits per heavy atom. The summed E-state index contributed by atoms with van der Waals surface area (Å²) in [6.45, 7) is 2.04. The van der Waals surface area contributed by atoms with Crippen LogP contribution in [0.15, 0.2) is 79.0 Å². The quantitative estimate of drug-likeness (QED) is 0.363. The maximum atomic E-state index is 4.68. The number of benzene rings is 2. The molecule has 0 spiro atoms. The molecule has 0 aliphatic carbocycles. The average Bonchev–Trinajstić information content (AvgIpc) is 3.05. The van der Waals surface area contributed by atoms with Gasteiger partial charge in [-0.05, 0) is 48.4 Å². The van der Waals surface area contributed by atoms with Crippen LogP contribution in [0.5, 0.6) is 0 Å². The van der Waals surface area contributed by atoms with Gasteiger partial charge >= 0.3 is 0 Å². The second kappa shape index (κ2) is 6.04. The predicted octanol–water partition coefficient (Wildman–Crippen LogP) is 6.49. The number of thiophene rings is 1. The van der Waals surface area contributed by atoms with Crippen molar-refractivity contribution in [1.29, 1.82) is 0 Å². The maximum absolute atomic E-state index is 4.68. The lowest BCUT2D eigenvalue weighted by atomic mass is 10.0. The molecule has 0 aliphatic rings. The summed E-state index contributed by atoms with van der Waals surface area (Å²) in [6.07, 6.45) is 1.89. The summed E-state index contributed by atoms with van der Waals surface area (Å²) in [6, 6.07) is 25.5. The van der Waals surface area contributed by atoms with Crippen LogP contribution < -0.4 is 0 Å². The van der Waals surface area contributed by atoms with E-state index in [0.717, 1.165) is 21.8 Å². The molecule has 2 aromatic carbocycles. The van der Waals surface area contributed by atoms with E-state index in [1.807, 2.05) is 31.3 Å². The van der Waals surface area contributed by atoms with E-state index in [2.05, 4.69) is 64.6 Å². The molecule has 26 heavy (non-hydrogen) atoms. The van der Waals surface area contributed by atoms with E-state index in [-0.39, 0.29) is 0 Å². The van der Waals surface area contributed by atoms with Crippen molar-refractivity contribution in [3.8, 4) is 22.4 Å². The van der Waals surface area contributed by atoms with Crippen LogP contribution in [0.25, 0.3) is 42.7 Å². The molecule has 2 nitrogen and oxygen atoms in total. The highest BCUT2D eigenvalue weighted by Crippen LogP contribution is 2.36. The average molecular weight is 352 g/mol. The van der Waals surface area contributed by atoms with E-state index in [1.165, 1.54) is 26.6 Å². The van der Waals surface area contributed by atoms with Crippen molar-refractivity contribution >= 4 is 31.6 Å². The summed E-state index contributed by atoms with van der Waals surface area (Å²) >= 11 is 1.76. The molecule has 0 saturated heterocycles. The highest BCUT2D eigenvalue weighted by Gasteiger charge is 2.09. The first-order valence-electron chi connectivity index (χ1n) is 8.60. The Morgan fingerprint density at radius 1 is 0.731 bits per heavy atom. The summed E-state index contributed by atoms with van der Waals surface area (Å²) in [5.74, 6) is 0. The number of nitrogens with zero attached hydrogens (tertiary/aromatic N) is 2. The zero-order chi connectivity index (χ0) is 17.5. The Bertz CT molecular complexity index is 1240. The Morgan fingerprint density at radius 3 is 2.42 bits per heavy atom. The molecule has 3 heteroatoms. The van der Waals surface area contributed by atoms with Gasteiger partial charge in [-0.2, -0.15) is 0 Å². The number of hydrogen-bond donors (Lipinski definition) is 0. The molecule has 0 amide bonds. The van der Waals surface area contributed by atoms with Crippen LogP contribution in [0.3, 0.4) is 0 Å². The number of fused-ring (bicyclic) bond motifs is 3. The van der Waals surface area contributed by atoms with Crippen LogP contribution in [0.2, 0.25) is 0 Å². The number of pyridine rings is 2. The van der Waals surface area contributed by atoms with Crippen molar-refractivity contribution in [1.82, 2.24) is 9.97 Å². The minimum atomic E-state index is 0.997. The van der Waals surface area contributed by atoms with Gasteiger partial charge in [0.25, 0.3) is 0 Å². The Balaban J connectivity index is 1.64. The highest BCUT2D eigenvalue weighted by atomic mass is 32.1. The van der Waals surface area contributed by atoms with Gasteiger partial charge in [-0.1, -0.05) is 42.5 Å². The SMILES string of the molecule is Cc1ccc2c(n1)sc1cc(-c3ccnc(-c4ccccc4)c3)ccc12. The lowest BCUT2D eigenvalue weighted by Crippen LogP contribution is -1.85. The van der Waals surface area contributed by atoms with E-state index in [4.69, 9.17) is 0 Å². The molecule has 0 radical (unpaired) electrons. The summed E-state index contributed by atoms with van der Waals surface area (Å²) in [5.41, 5.74) is 5.59. The van der Waals surface area contributed by atoms with Crippen LogP contribution in [-0.4, -0.2) is 9.97 Å². The normalized spacial score (nSPS) is 11.3.